The van der Waals surface area contributed by atoms with Crippen LogP contribution in [-0.2, 0) is 10.0 Å². The van der Waals surface area contributed by atoms with Gasteiger partial charge >= 0.3 is 0 Å². The third-order valence-electron chi connectivity index (χ3n) is 5.58. The molecule has 0 bridgehead atoms. The average molecular weight is 450 g/mol. The third-order valence-corrected chi connectivity index (χ3v) is 6.59. The highest BCUT2D eigenvalue weighted by atomic mass is 35.5. The Morgan fingerprint density at radius 1 is 1.20 bits per heavy atom. The van der Waals surface area contributed by atoms with Gasteiger partial charge in [0.25, 0.3) is 5.91 Å². The van der Waals surface area contributed by atoms with Gasteiger partial charge in [-0.2, -0.15) is 0 Å². The molecule has 1 aliphatic carbocycles. The largest absolute Gasteiger partial charge is 0.351 e. The van der Waals surface area contributed by atoms with E-state index in [0.29, 0.717) is 17.5 Å². The predicted octanol–water partition coefficient (Wildman–Crippen LogP) is 3.35. The van der Waals surface area contributed by atoms with Gasteiger partial charge in [0.15, 0.2) is 0 Å². The summed E-state index contributed by atoms with van der Waals surface area (Å²) < 4.78 is 21.9. The van der Waals surface area contributed by atoms with Crippen LogP contribution < -0.4 is 15.8 Å². The molecule has 1 saturated carbocycles. The normalized spacial score (nSPS) is 20.1. The highest BCUT2D eigenvalue weighted by Gasteiger charge is 2.27. The van der Waals surface area contributed by atoms with Crippen molar-refractivity contribution in [2.75, 3.05) is 12.3 Å². The highest BCUT2D eigenvalue weighted by molar-refractivity contribution is 7.89. The van der Waals surface area contributed by atoms with Crippen LogP contribution in [0.4, 0.5) is 0 Å². The number of benzene rings is 2. The van der Waals surface area contributed by atoms with Gasteiger partial charge in [0, 0.05) is 29.2 Å². The standard InChI is InChI=1S/C22H28ClN3O3S/c1-15(18-3-2-4-20(23)13-18)26-21-10-9-19(14-21)16-5-7-17(8-6-16)22(27)25-11-12-30(24,28)29/h2-8,13,15,19,21,26H,9-12,14H2,1H3,(H,25,27)(H2,24,28,29)/t15-,19-,21+/m1/s1. The van der Waals surface area contributed by atoms with E-state index >= 15 is 0 Å². The lowest BCUT2D eigenvalue weighted by Crippen LogP contribution is -2.31. The van der Waals surface area contributed by atoms with Crippen molar-refractivity contribution in [2.45, 2.75) is 44.2 Å². The summed E-state index contributed by atoms with van der Waals surface area (Å²) in [4.78, 5) is 12.1. The molecule has 0 saturated heterocycles. The SMILES string of the molecule is C[C@@H](N[C@H]1CC[C@@H](c2ccc(C(=O)NCCS(N)(=O)=O)cc2)C1)c1cccc(Cl)c1. The molecule has 0 radical (unpaired) electrons. The summed E-state index contributed by atoms with van der Waals surface area (Å²) in [5, 5.41) is 12.0. The van der Waals surface area contributed by atoms with Crippen LogP contribution in [0.5, 0.6) is 0 Å². The van der Waals surface area contributed by atoms with E-state index in [-0.39, 0.29) is 24.2 Å². The van der Waals surface area contributed by atoms with Gasteiger partial charge in [-0.1, -0.05) is 35.9 Å². The Bertz CT molecular complexity index is 979. The summed E-state index contributed by atoms with van der Waals surface area (Å²) >= 11 is 6.10. The zero-order valence-corrected chi connectivity index (χ0v) is 18.5. The number of hydrogen-bond donors (Lipinski definition) is 3. The molecule has 2 aromatic rings. The number of carbonyl (C=O) groups is 1. The van der Waals surface area contributed by atoms with Crippen molar-refractivity contribution in [3.05, 3.63) is 70.2 Å². The van der Waals surface area contributed by atoms with Gasteiger partial charge in [0.05, 0.1) is 5.75 Å². The Morgan fingerprint density at radius 3 is 2.60 bits per heavy atom. The topological polar surface area (TPSA) is 101 Å². The van der Waals surface area contributed by atoms with Crippen molar-refractivity contribution in [1.29, 1.82) is 0 Å². The maximum absolute atomic E-state index is 12.1. The summed E-state index contributed by atoms with van der Waals surface area (Å²) in [6, 6.07) is 16.2. The molecule has 162 valence electrons. The first-order valence-corrected chi connectivity index (χ1v) is 12.2. The van der Waals surface area contributed by atoms with Gasteiger partial charge in [0.2, 0.25) is 10.0 Å². The molecule has 8 heteroatoms. The molecule has 0 aromatic heterocycles. The van der Waals surface area contributed by atoms with Crippen molar-refractivity contribution in [2.24, 2.45) is 5.14 Å². The zero-order chi connectivity index (χ0) is 21.7. The van der Waals surface area contributed by atoms with E-state index < -0.39 is 10.0 Å². The second kappa shape index (κ2) is 9.92. The van der Waals surface area contributed by atoms with Crippen LogP contribution in [0.1, 0.15) is 59.6 Å². The fourth-order valence-electron chi connectivity index (χ4n) is 3.98. The summed E-state index contributed by atoms with van der Waals surface area (Å²) in [5.74, 6) is -0.124. The first-order valence-electron chi connectivity index (χ1n) is 10.1. The van der Waals surface area contributed by atoms with Gasteiger partial charge in [-0.25, -0.2) is 13.6 Å². The Kier molecular flexibility index (Phi) is 7.52. The maximum atomic E-state index is 12.1. The van der Waals surface area contributed by atoms with E-state index in [9.17, 15) is 13.2 Å². The van der Waals surface area contributed by atoms with Crippen molar-refractivity contribution < 1.29 is 13.2 Å². The van der Waals surface area contributed by atoms with Gasteiger partial charge < -0.3 is 10.6 Å². The Hall–Kier alpha value is -1.93. The van der Waals surface area contributed by atoms with Crippen molar-refractivity contribution in [3.8, 4) is 0 Å². The smallest absolute Gasteiger partial charge is 0.251 e. The number of hydrogen-bond acceptors (Lipinski definition) is 4. The third kappa shape index (κ3) is 6.54. The molecule has 0 heterocycles. The molecule has 0 aliphatic heterocycles. The summed E-state index contributed by atoms with van der Waals surface area (Å²) in [5.41, 5.74) is 2.91. The average Bonchev–Trinajstić information content (AvgIpc) is 3.15. The van der Waals surface area contributed by atoms with Crippen LogP contribution in [0.2, 0.25) is 5.02 Å². The van der Waals surface area contributed by atoms with E-state index in [0.717, 1.165) is 24.3 Å². The molecule has 1 aliphatic rings. The quantitative estimate of drug-likeness (QED) is 0.575. The molecule has 6 nitrogen and oxygen atoms in total. The van der Waals surface area contributed by atoms with E-state index in [1.807, 2.05) is 30.3 Å². The lowest BCUT2D eigenvalue weighted by atomic mass is 9.96. The first-order chi connectivity index (χ1) is 14.2. The molecule has 1 amide bonds. The first kappa shape index (κ1) is 22.7. The van der Waals surface area contributed by atoms with E-state index in [1.165, 1.54) is 11.1 Å². The molecule has 3 atom stereocenters. The molecular weight excluding hydrogens is 422 g/mol. The predicted molar refractivity (Wildman–Crippen MR) is 120 cm³/mol. The fraction of sp³-hybridized carbons (Fsp3) is 0.409. The van der Waals surface area contributed by atoms with E-state index in [1.54, 1.807) is 12.1 Å². The van der Waals surface area contributed by atoms with E-state index in [2.05, 4.69) is 23.6 Å². The zero-order valence-electron chi connectivity index (χ0n) is 17.0. The molecule has 3 rings (SSSR count). The lowest BCUT2D eigenvalue weighted by molar-refractivity contribution is 0.0956. The minimum absolute atomic E-state index is 0.000202. The van der Waals surface area contributed by atoms with Crippen LogP contribution in [0, 0.1) is 0 Å². The molecule has 0 unspecified atom stereocenters. The summed E-state index contributed by atoms with van der Waals surface area (Å²) in [6.45, 7) is 2.16. The number of primary sulfonamides is 1. The van der Waals surface area contributed by atoms with Crippen LogP contribution in [0.3, 0.4) is 0 Å². The van der Waals surface area contributed by atoms with Gasteiger partial charge in [-0.3, -0.25) is 4.79 Å². The number of amides is 1. The van der Waals surface area contributed by atoms with Crippen molar-refractivity contribution in [3.63, 3.8) is 0 Å². The Labute approximate surface area is 183 Å². The number of carbonyl (C=O) groups excluding carboxylic acids is 1. The Morgan fingerprint density at radius 2 is 1.93 bits per heavy atom. The van der Waals surface area contributed by atoms with Crippen LogP contribution >= 0.6 is 11.6 Å². The minimum Gasteiger partial charge on any atom is -0.351 e. The lowest BCUT2D eigenvalue weighted by Gasteiger charge is -2.20. The fourth-order valence-corrected chi connectivity index (χ4v) is 4.56. The number of nitrogens with two attached hydrogens (primary N) is 1. The molecule has 2 aromatic carbocycles. The number of nitrogens with one attached hydrogen (secondary N) is 2. The highest BCUT2D eigenvalue weighted by Crippen LogP contribution is 2.35. The second-order valence-electron chi connectivity index (χ2n) is 7.90. The van der Waals surface area contributed by atoms with Crippen LogP contribution in [0.25, 0.3) is 0 Å². The van der Waals surface area contributed by atoms with Crippen LogP contribution in [0.15, 0.2) is 48.5 Å². The van der Waals surface area contributed by atoms with E-state index in [4.69, 9.17) is 16.7 Å². The molecule has 4 N–H and O–H groups in total. The number of sulfonamides is 1. The van der Waals surface area contributed by atoms with Gasteiger partial charge in [-0.05, 0) is 67.5 Å². The molecular formula is C22H28ClN3O3S. The minimum atomic E-state index is -3.58. The van der Waals surface area contributed by atoms with Gasteiger partial charge in [0.1, 0.15) is 0 Å². The molecule has 0 spiro atoms. The summed E-state index contributed by atoms with van der Waals surface area (Å²) in [6.07, 6.45) is 3.25. The van der Waals surface area contributed by atoms with Crippen molar-refractivity contribution in [1.82, 2.24) is 10.6 Å². The van der Waals surface area contributed by atoms with Crippen LogP contribution in [-0.4, -0.2) is 32.7 Å². The summed E-state index contributed by atoms with van der Waals surface area (Å²) in [7, 11) is -3.58. The number of halogens is 1. The maximum Gasteiger partial charge on any atom is 0.251 e. The van der Waals surface area contributed by atoms with Gasteiger partial charge in [-0.15, -0.1) is 0 Å². The van der Waals surface area contributed by atoms with Crippen molar-refractivity contribution >= 4 is 27.5 Å². The molecule has 30 heavy (non-hydrogen) atoms. The monoisotopic (exact) mass is 449 g/mol. The Balaban J connectivity index is 1.52. The second-order valence-corrected chi connectivity index (χ2v) is 10.1. The number of rotatable bonds is 8. The molecule has 1 fully saturated rings.